The molecule has 0 aliphatic heterocycles. The number of methoxy groups -OCH3 is 1. The molecule has 148 valence electrons. The van der Waals surface area contributed by atoms with Crippen molar-refractivity contribution in [1.82, 2.24) is 4.98 Å². The van der Waals surface area contributed by atoms with Gasteiger partial charge in [0.25, 0.3) is 0 Å². The van der Waals surface area contributed by atoms with Crippen molar-refractivity contribution in [2.45, 2.75) is 0 Å². The van der Waals surface area contributed by atoms with Crippen LogP contribution in [0.2, 0.25) is 0 Å². The van der Waals surface area contributed by atoms with E-state index in [9.17, 15) is 4.79 Å². The molecule has 30 heavy (non-hydrogen) atoms. The van der Waals surface area contributed by atoms with Crippen molar-refractivity contribution in [2.24, 2.45) is 0 Å². The normalized spacial score (nSPS) is 11.1. The van der Waals surface area contributed by atoms with Crippen LogP contribution in [0.4, 0.5) is 5.69 Å². The molecule has 0 unspecified atom stereocenters. The van der Waals surface area contributed by atoms with Gasteiger partial charge in [0.1, 0.15) is 11.5 Å². The largest absolute Gasteiger partial charge is 0.497 e. The van der Waals surface area contributed by atoms with Crippen LogP contribution in [0.3, 0.4) is 0 Å². The lowest BCUT2D eigenvalue weighted by Crippen LogP contribution is -2.03. The summed E-state index contributed by atoms with van der Waals surface area (Å²) in [5, 5.41) is 2.53. The van der Waals surface area contributed by atoms with E-state index in [1.165, 1.54) is 0 Å². The van der Waals surface area contributed by atoms with Crippen LogP contribution in [0, 0.1) is 0 Å². The first-order chi connectivity index (χ1) is 14.7. The van der Waals surface area contributed by atoms with Crippen molar-refractivity contribution in [3.63, 3.8) is 0 Å². The third-order valence-electron chi connectivity index (χ3n) is 4.80. The van der Waals surface area contributed by atoms with E-state index in [1.807, 2.05) is 29.6 Å². The maximum absolute atomic E-state index is 13.1. The smallest absolute Gasteiger partial charge is 0.230 e. The lowest BCUT2D eigenvalue weighted by Gasteiger charge is -2.04. The van der Waals surface area contributed by atoms with Gasteiger partial charge in [-0.25, -0.2) is 4.98 Å². The molecule has 4 heterocycles. The first kappa shape index (κ1) is 18.2. The van der Waals surface area contributed by atoms with E-state index in [-0.39, 0.29) is 22.9 Å². The number of carbonyl (C=O) groups is 1. The van der Waals surface area contributed by atoms with Gasteiger partial charge in [-0.15, -0.1) is 11.3 Å². The molecule has 0 fully saturated rings. The fourth-order valence-corrected chi connectivity index (χ4v) is 4.05. The number of nitrogens with two attached hydrogens (primary N) is 1. The number of rotatable bonds is 5. The fraction of sp³-hybridized carbons (Fsp3) is 0.0435. The average Bonchev–Trinajstić information content (AvgIpc) is 3.54. The molecule has 6 nitrogen and oxygen atoms in total. The van der Waals surface area contributed by atoms with Crippen molar-refractivity contribution in [3.8, 4) is 27.6 Å². The first-order valence-corrected chi connectivity index (χ1v) is 10.0. The number of furan rings is 2. The summed E-state index contributed by atoms with van der Waals surface area (Å²) < 4.78 is 16.7. The quantitative estimate of drug-likeness (QED) is 0.373. The second-order valence-corrected chi connectivity index (χ2v) is 7.54. The van der Waals surface area contributed by atoms with Gasteiger partial charge in [-0.1, -0.05) is 18.2 Å². The number of nitrogen functional groups attached to an aromatic ring is 1. The van der Waals surface area contributed by atoms with Crippen LogP contribution >= 0.6 is 11.3 Å². The number of pyridine rings is 1. The summed E-state index contributed by atoms with van der Waals surface area (Å²) >= 11 is 1.56. The van der Waals surface area contributed by atoms with Gasteiger partial charge in [0.15, 0.2) is 0 Å². The van der Waals surface area contributed by atoms with Crippen molar-refractivity contribution < 1.29 is 18.4 Å². The molecule has 5 aromatic rings. The van der Waals surface area contributed by atoms with Gasteiger partial charge in [-0.2, -0.15) is 0 Å². The molecule has 4 aromatic heterocycles. The number of fused-ring (bicyclic) bond motifs is 1. The minimum absolute atomic E-state index is 0.0434. The summed E-state index contributed by atoms with van der Waals surface area (Å²) in [7, 11) is 1.55. The number of hydrogen-bond donors (Lipinski definition) is 1. The lowest BCUT2D eigenvalue weighted by atomic mass is 10.0. The molecule has 0 bridgehead atoms. The van der Waals surface area contributed by atoms with E-state index in [1.54, 1.807) is 55.0 Å². The number of ether oxygens (including phenoxy) is 1. The minimum Gasteiger partial charge on any atom is -0.497 e. The van der Waals surface area contributed by atoms with Crippen molar-refractivity contribution in [1.29, 1.82) is 0 Å². The monoisotopic (exact) mass is 416 g/mol. The van der Waals surface area contributed by atoms with Gasteiger partial charge >= 0.3 is 0 Å². The van der Waals surface area contributed by atoms with Crippen molar-refractivity contribution in [2.75, 3.05) is 12.8 Å². The average molecular weight is 416 g/mol. The Labute approximate surface area is 175 Å². The molecular formula is C23H16N2O4S. The third kappa shape index (κ3) is 2.96. The molecular weight excluding hydrogens is 400 g/mol. The maximum Gasteiger partial charge on any atom is 0.230 e. The first-order valence-electron chi connectivity index (χ1n) is 9.15. The summed E-state index contributed by atoms with van der Waals surface area (Å²) in [6.45, 7) is 0. The van der Waals surface area contributed by atoms with Gasteiger partial charge in [-0.3, -0.25) is 4.79 Å². The molecule has 0 aliphatic carbocycles. The van der Waals surface area contributed by atoms with E-state index in [0.717, 1.165) is 16.1 Å². The lowest BCUT2D eigenvalue weighted by molar-refractivity contribution is 0.101. The van der Waals surface area contributed by atoms with Crippen LogP contribution in [-0.2, 0) is 0 Å². The molecule has 0 atom stereocenters. The molecule has 0 aliphatic rings. The number of hydrogen-bond acceptors (Lipinski definition) is 7. The Balaban J connectivity index is 1.73. The molecule has 7 heteroatoms. The SMILES string of the molecule is COc1cccc(C(=O)c2oc3nc(-c4cccs4)cc(-c4ccco4)c3c2N)c1. The van der Waals surface area contributed by atoms with Gasteiger partial charge in [0, 0.05) is 11.1 Å². The van der Waals surface area contributed by atoms with E-state index in [4.69, 9.17) is 19.3 Å². The Morgan fingerprint density at radius 2 is 2.03 bits per heavy atom. The molecule has 0 saturated carbocycles. The number of benzene rings is 1. The topological polar surface area (TPSA) is 91.5 Å². The number of carbonyl (C=O) groups excluding carboxylic acids is 1. The molecule has 2 N–H and O–H groups in total. The molecule has 0 spiro atoms. The van der Waals surface area contributed by atoms with E-state index < -0.39 is 0 Å². The van der Waals surface area contributed by atoms with E-state index in [0.29, 0.717) is 22.5 Å². The van der Waals surface area contributed by atoms with Crippen LogP contribution in [0.25, 0.3) is 33.0 Å². The fourth-order valence-electron chi connectivity index (χ4n) is 3.36. The predicted octanol–water partition coefficient (Wildman–Crippen LogP) is 5.64. The summed E-state index contributed by atoms with van der Waals surface area (Å²) in [5.74, 6) is 0.896. The summed E-state index contributed by atoms with van der Waals surface area (Å²) in [6, 6.07) is 16.3. The Bertz CT molecular complexity index is 1350. The van der Waals surface area contributed by atoms with E-state index >= 15 is 0 Å². The highest BCUT2D eigenvalue weighted by atomic mass is 32.1. The van der Waals surface area contributed by atoms with Crippen LogP contribution in [-0.4, -0.2) is 17.9 Å². The highest BCUT2D eigenvalue weighted by molar-refractivity contribution is 7.13. The number of thiophene rings is 1. The van der Waals surface area contributed by atoms with Gasteiger partial charge in [0.05, 0.1) is 35.0 Å². The molecule has 0 amide bonds. The van der Waals surface area contributed by atoms with Gasteiger partial charge < -0.3 is 19.3 Å². The summed E-state index contributed by atoms with van der Waals surface area (Å²) in [6.07, 6.45) is 1.59. The van der Waals surface area contributed by atoms with Crippen molar-refractivity contribution >= 4 is 33.9 Å². The Hall–Kier alpha value is -3.84. The predicted molar refractivity (Wildman–Crippen MR) is 116 cm³/mol. The maximum atomic E-state index is 13.1. The Kier molecular flexibility index (Phi) is 4.37. The third-order valence-corrected chi connectivity index (χ3v) is 5.69. The van der Waals surface area contributed by atoms with Crippen LogP contribution in [0.15, 0.2) is 75.1 Å². The Morgan fingerprint density at radius 1 is 1.13 bits per heavy atom. The van der Waals surface area contributed by atoms with Crippen molar-refractivity contribution in [3.05, 3.63) is 77.6 Å². The molecule has 1 aromatic carbocycles. The second kappa shape index (κ2) is 7.20. The molecule has 0 saturated heterocycles. The zero-order valence-electron chi connectivity index (χ0n) is 15.9. The number of anilines is 1. The summed E-state index contributed by atoms with van der Waals surface area (Å²) in [4.78, 5) is 18.7. The number of nitrogens with zero attached hydrogens (tertiary/aromatic N) is 1. The minimum atomic E-state index is -0.340. The van der Waals surface area contributed by atoms with Gasteiger partial charge in [0.2, 0.25) is 17.3 Å². The van der Waals surface area contributed by atoms with Crippen LogP contribution in [0.5, 0.6) is 5.75 Å². The zero-order valence-corrected chi connectivity index (χ0v) is 16.7. The highest BCUT2D eigenvalue weighted by Crippen LogP contribution is 2.40. The zero-order chi connectivity index (χ0) is 20.7. The highest BCUT2D eigenvalue weighted by Gasteiger charge is 2.25. The number of ketones is 1. The molecule has 5 rings (SSSR count). The summed E-state index contributed by atoms with van der Waals surface area (Å²) in [5.41, 5.74) is 8.77. The standard InChI is InChI=1S/C23H16N2O4S/c1-27-14-6-2-5-13(11-14)21(26)22-20(24)19-15(17-7-3-9-28-17)12-16(25-23(19)29-22)18-8-4-10-30-18/h2-12H,24H2,1H3. The van der Waals surface area contributed by atoms with Crippen LogP contribution in [0.1, 0.15) is 16.1 Å². The second-order valence-electron chi connectivity index (χ2n) is 6.60. The molecule has 0 radical (unpaired) electrons. The van der Waals surface area contributed by atoms with Crippen LogP contribution < -0.4 is 10.5 Å². The van der Waals surface area contributed by atoms with E-state index in [2.05, 4.69) is 4.98 Å². The van der Waals surface area contributed by atoms with Gasteiger partial charge in [-0.05, 0) is 41.8 Å². The Morgan fingerprint density at radius 3 is 2.77 bits per heavy atom. The number of aromatic nitrogens is 1.